The normalized spacial score (nSPS) is 14.2. The van der Waals surface area contributed by atoms with Gasteiger partial charge in [0, 0.05) is 23.9 Å². The maximum atomic E-state index is 13.0. The summed E-state index contributed by atoms with van der Waals surface area (Å²) in [5, 5.41) is 2.94. The predicted molar refractivity (Wildman–Crippen MR) is 126 cm³/mol. The summed E-state index contributed by atoms with van der Waals surface area (Å²) in [6.45, 7) is 4.97. The molecule has 1 saturated heterocycles. The van der Waals surface area contributed by atoms with Gasteiger partial charge in [0.05, 0.1) is 18.6 Å². The molecule has 1 N–H and O–H groups in total. The van der Waals surface area contributed by atoms with Crippen molar-refractivity contribution in [3.63, 3.8) is 0 Å². The summed E-state index contributed by atoms with van der Waals surface area (Å²) in [7, 11) is 0. The molecule has 0 radical (unpaired) electrons. The van der Waals surface area contributed by atoms with E-state index in [-0.39, 0.29) is 24.3 Å². The van der Waals surface area contributed by atoms with E-state index in [1.807, 2.05) is 37.3 Å². The first-order valence-corrected chi connectivity index (χ1v) is 11.8. The van der Waals surface area contributed by atoms with E-state index in [9.17, 15) is 14.4 Å². The van der Waals surface area contributed by atoms with Crippen molar-refractivity contribution in [1.82, 2.24) is 4.90 Å². The quantitative estimate of drug-likeness (QED) is 0.518. The van der Waals surface area contributed by atoms with Crippen LogP contribution in [-0.2, 0) is 9.53 Å². The number of carbonyl (C=O) groups excluding carboxylic acids is 3. The van der Waals surface area contributed by atoms with E-state index < -0.39 is 5.97 Å². The fourth-order valence-electron chi connectivity index (χ4n) is 3.83. The Labute approximate surface area is 196 Å². The van der Waals surface area contributed by atoms with Crippen LogP contribution in [0, 0.1) is 12.8 Å². The van der Waals surface area contributed by atoms with Crippen molar-refractivity contribution in [2.24, 2.45) is 5.92 Å². The Morgan fingerprint density at radius 2 is 1.88 bits per heavy atom. The Balaban J connectivity index is 1.46. The topological polar surface area (TPSA) is 88.9 Å². The molecular formula is C25H26N2O5S. The molecule has 0 unspecified atom stereocenters. The fraction of sp³-hybridized carbons (Fsp3) is 0.320. The Morgan fingerprint density at radius 3 is 2.52 bits per heavy atom. The molecule has 7 nitrogen and oxygen atoms in total. The van der Waals surface area contributed by atoms with Crippen LogP contribution in [0.1, 0.15) is 45.6 Å². The van der Waals surface area contributed by atoms with Crippen LogP contribution < -0.4 is 5.32 Å². The third-order valence-corrected chi connectivity index (χ3v) is 6.84. The number of hydrogen-bond donors (Lipinski definition) is 1. The number of thiophene rings is 1. The SMILES string of the molecule is CCOC(=O)c1sc(-c2ccc(C)cc2)cc1NC(=O)C1CCN(C(=O)c2ccco2)CC1. The number of nitrogens with zero attached hydrogens (tertiary/aromatic N) is 1. The summed E-state index contributed by atoms with van der Waals surface area (Å²) in [5.41, 5.74) is 2.58. The summed E-state index contributed by atoms with van der Waals surface area (Å²) >= 11 is 1.31. The lowest BCUT2D eigenvalue weighted by Gasteiger charge is -2.30. The van der Waals surface area contributed by atoms with Crippen LogP contribution >= 0.6 is 11.3 Å². The predicted octanol–water partition coefficient (Wildman–Crippen LogP) is 4.98. The molecule has 3 aromatic rings. The van der Waals surface area contributed by atoms with Gasteiger partial charge in [0.25, 0.3) is 5.91 Å². The van der Waals surface area contributed by atoms with Crippen molar-refractivity contribution in [2.45, 2.75) is 26.7 Å². The van der Waals surface area contributed by atoms with Gasteiger partial charge in [-0.15, -0.1) is 11.3 Å². The van der Waals surface area contributed by atoms with E-state index >= 15 is 0 Å². The highest BCUT2D eigenvalue weighted by atomic mass is 32.1. The number of esters is 1. The zero-order valence-electron chi connectivity index (χ0n) is 18.6. The number of aryl methyl sites for hydroxylation is 1. The Morgan fingerprint density at radius 1 is 1.15 bits per heavy atom. The smallest absolute Gasteiger partial charge is 0.350 e. The van der Waals surface area contributed by atoms with Crippen LogP contribution in [0.3, 0.4) is 0 Å². The number of carbonyl (C=O) groups is 3. The minimum absolute atomic E-state index is 0.154. The number of ether oxygens (including phenoxy) is 1. The molecule has 1 aliphatic rings. The summed E-state index contributed by atoms with van der Waals surface area (Å²) in [6, 6.07) is 13.2. The lowest BCUT2D eigenvalue weighted by molar-refractivity contribution is -0.121. The van der Waals surface area contributed by atoms with Crippen molar-refractivity contribution in [3.05, 3.63) is 64.9 Å². The molecule has 172 valence electrons. The van der Waals surface area contributed by atoms with Crippen LogP contribution in [0.4, 0.5) is 5.69 Å². The minimum Gasteiger partial charge on any atom is -0.462 e. The zero-order chi connectivity index (χ0) is 23.4. The van der Waals surface area contributed by atoms with Gasteiger partial charge in [-0.05, 0) is 50.5 Å². The molecule has 1 fully saturated rings. The van der Waals surface area contributed by atoms with E-state index in [1.54, 1.807) is 24.0 Å². The number of furan rings is 1. The summed E-state index contributed by atoms with van der Waals surface area (Å²) in [4.78, 5) is 41.0. The van der Waals surface area contributed by atoms with Crippen molar-refractivity contribution >= 4 is 34.8 Å². The second-order valence-electron chi connectivity index (χ2n) is 7.97. The molecule has 1 aliphatic heterocycles. The minimum atomic E-state index is -0.449. The Hall–Kier alpha value is -3.39. The summed E-state index contributed by atoms with van der Waals surface area (Å²) in [6.07, 6.45) is 2.56. The van der Waals surface area contributed by atoms with Crippen molar-refractivity contribution in [1.29, 1.82) is 0 Å². The number of nitrogens with one attached hydrogen (secondary N) is 1. The highest BCUT2D eigenvalue weighted by Crippen LogP contribution is 2.36. The maximum absolute atomic E-state index is 13.0. The van der Waals surface area contributed by atoms with E-state index in [4.69, 9.17) is 9.15 Å². The number of amides is 2. The second-order valence-corrected chi connectivity index (χ2v) is 9.03. The van der Waals surface area contributed by atoms with Crippen LogP contribution in [0.15, 0.2) is 53.1 Å². The van der Waals surface area contributed by atoms with Crippen molar-refractivity contribution in [2.75, 3.05) is 25.0 Å². The van der Waals surface area contributed by atoms with Gasteiger partial charge in [-0.2, -0.15) is 0 Å². The zero-order valence-corrected chi connectivity index (χ0v) is 19.4. The Bertz CT molecular complexity index is 1130. The molecule has 1 aromatic carbocycles. The molecule has 3 heterocycles. The third-order valence-electron chi connectivity index (χ3n) is 5.67. The molecule has 0 atom stereocenters. The average Bonchev–Trinajstić information content (AvgIpc) is 3.50. The second kappa shape index (κ2) is 10.0. The number of benzene rings is 1. The van der Waals surface area contributed by atoms with Crippen LogP contribution in [0.5, 0.6) is 0 Å². The van der Waals surface area contributed by atoms with Gasteiger partial charge < -0.3 is 19.4 Å². The molecule has 0 spiro atoms. The van der Waals surface area contributed by atoms with Crippen molar-refractivity contribution in [3.8, 4) is 10.4 Å². The first-order valence-electron chi connectivity index (χ1n) is 11.0. The number of likely N-dealkylation sites (tertiary alicyclic amines) is 1. The number of hydrogen-bond acceptors (Lipinski definition) is 6. The van der Waals surface area contributed by atoms with Gasteiger partial charge in [-0.3, -0.25) is 9.59 Å². The van der Waals surface area contributed by atoms with Gasteiger partial charge in [-0.25, -0.2) is 4.79 Å². The first kappa shape index (κ1) is 22.8. The lowest BCUT2D eigenvalue weighted by Crippen LogP contribution is -2.41. The third kappa shape index (κ3) is 5.17. The molecule has 8 heteroatoms. The lowest BCUT2D eigenvalue weighted by atomic mass is 9.95. The largest absolute Gasteiger partial charge is 0.462 e. The van der Waals surface area contributed by atoms with Gasteiger partial charge in [-0.1, -0.05) is 29.8 Å². The molecule has 0 bridgehead atoms. The van der Waals surface area contributed by atoms with Gasteiger partial charge >= 0.3 is 5.97 Å². The molecule has 0 aliphatic carbocycles. The van der Waals surface area contributed by atoms with Gasteiger partial charge in [0.2, 0.25) is 5.91 Å². The summed E-state index contributed by atoms with van der Waals surface area (Å²) < 4.78 is 10.4. The highest BCUT2D eigenvalue weighted by Gasteiger charge is 2.30. The highest BCUT2D eigenvalue weighted by molar-refractivity contribution is 7.18. The van der Waals surface area contributed by atoms with E-state index in [1.165, 1.54) is 17.6 Å². The van der Waals surface area contributed by atoms with Crippen molar-refractivity contribution < 1.29 is 23.5 Å². The maximum Gasteiger partial charge on any atom is 0.350 e. The Kier molecular flexibility index (Phi) is 6.93. The van der Waals surface area contributed by atoms with Crippen LogP contribution in [-0.4, -0.2) is 42.4 Å². The molecule has 2 aromatic heterocycles. The molecular weight excluding hydrogens is 440 g/mol. The van der Waals surface area contributed by atoms with Crippen LogP contribution in [0.2, 0.25) is 0 Å². The number of anilines is 1. The number of piperidine rings is 1. The average molecular weight is 467 g/mol. The fourth-order valence-corrected chi connectivity index (χ4v) is 4.84. The number of rotatable bonds is 6. The molecule has 33 heavy (non-hydrogen) atoms. The van der Waals surface area contributed by atoms with Gasteiger partial charge in [0.15, 0.2) is 5.76 Å². The standard InChI is InChI=1S/C25H26N2O5S/c1-3-31-25(30)22-19(15-21(33-22)17-8-6-16(2)7-9-17)26-23(28)18-10-12-27(13-11-18)24(29)20-5-4-14-32-20/h4-9,14-15,18H,3,10-13H2,1-2H3,(H,26,28). The molecule has 0 saturated carbocycles. The van der Waals surface area contributed by atoms with E-state index in [2.05, 4.69) is 5.32 Å². The monoisotopic (exact) mass is 466 g/mol. The van der Waals surface area contributed by atoms with Gasteiger partial charge in [0.1, 0.15) is 4.88 Å². The molecule has 2 amide bonds. The molecule has 4 rings (SSSR count). The summed E-state index contributed by atoms with van der Waals surface area (Å²) in [5.74, 6) is -0.708. The first-order chi connectivity index (χ1) is 16.0. The van der Waals surface area contributed by atoms with E-state index in [0.29, 0.717) is 42.3 Å². The van der Waals surface area contributed by atoms with E-state index in [0.717, 1.165) is 16.0 Å². The van der Waals surface area contributed by atoms with Crippen LogP contribution in [0.25, 0.3) is 10.4 Å².